The molecule has 31 heavy (non-hydrogen) atoms. The third-order valence-electron chi connectivity index (χ3n) is 5.31. The Morgan fingerprint density at radius 1 is 1.06 bits per heavy atom. The minimum absolute atomic E-state index is 0.128. The van der Waals surface area contributed by atoms with Crippen LogP contribution in [0.25, 0.3) is 17.0 Å². The van der Waals surface area contributed by atoms with Crippen molar-refractivity contribution in [2.45, 2.75) is 19.3 Å². The molecule has 2 amide bonds. The number of nitrogens with zero attached hydrogens (tertiary/aromatic N) is 3. The number of H-pyrrole nitrogens is 2. The van der Waals surface area contributed by atoms with E-state index in [1.54, 1.807) is 6.92 Å². The van der Waals surface area contributed by atoms with Crippen molar-refractivity contribution in [3.8, 4) is 5.95 Å². The number of carbonyl (C=O) groups is 2. The first-order chi connectivity index (χ1) is 14.8. The molecule has 0 aliphatic carbocycles. The molecule has 2 N–H and O–H groups in total. The molecule has 0 saturated carbocycles. The van der Waals surface area contributed by atoms with Gasteiger partial charge in [-0.05, 0) is 37.3 Å². The van der Waals surface area contributed by atoms with Gasteiger partial charge in [0.15, 0.2) is 0 Å². The second-order valence-electron chi connectivity index (χ2n) is 7.32. The Hall–Kier alpha value is -3.36. The van der Waals surface area contributed by atoms with Gasteiger partial charge in [0.25, 0.3) is 5.56 Å². The molecule has 156 valence electrons. The van der Waals surface area contributed by atoms with Crippen molar-refractivity contribution in [2.24, 2.45) is 0 Å². The van der Waals surface area contributed by atoms with E-state index in [4.69, 9.17) is 23.2 Å². The molecule has 8 nitrogen and oxygen atoms in total. The van der Waals surface area contributed by atoms with E-state index in [-0.39, 0.29) is 17.7 Å². The summed E-state index contributed by atoms with van der Waals surface area (Å²) in [6, 6.07) is 11.9. The summed E-state index contributed by atoms with van der Waals surface area (Å²) >= 11 is 12.1. The number of nitrogens with one attached hydrogen (secondary N) is 2. The Bertz CT molecular complexity index is 1380. The van der Waals surface area contributed by atoms with E-state index in [0.29, 0.717) is 27.2 Å². The average molecular weight is 456 g/mol. The number of rotatable bonds is 3. The zero-order valence-corrected chi connectivity index (χ0v) is 17.7. The third kappa shape index (κ3) is 3.15. The summed E-state index contributed by atoms with van der Waals surface area (Å²) in [7, 11) is 0. The maximum Gasteiger partial charge on any atom is 0.278 e. The molecule has 0 unspecified atom stereocenters. The highest BCUT2D eigenvalue weighted by Crippen LogP contribution is 2.35. The minimum Gasteiger partial charge on any atom is -0.322 e. The standard InChI is InChI=1S/C21H15Cl2N5O3/c1-10-18(20(31)28(26-10)21-24-15-4-2-3-5-16(15)25-21)14-9-17(29)27(19(14)30)13-7-11(22)6-12(23)8-13/h2-8,14,26H,9H2,1H3,(H,24,25)/t14-/m1/s1. The number of para-hydroxylation sites is 2. The van der Waals surface area contributed by atoms with E-state index < -0.39 is 23.3 Å². The summed E-state index contributed by atoms with van der Waals surface area (Å²) in [5.41, 5.74) is 2.04. The number of benzene rings is 2. The Morgan fingerprint density at radius 3 is 2.48 bits per heavy atom. The maximum absolute atomic E-state index is 13.2. The zero-order chi connectivity index (χ0) is 21.9. The van der Waals surface area contributed by atoms with Gasteiger partial charge in [0.05, 0.1) is 28.2 Å². The van der Waals surface area contributed by atoms with Crippen LogP contribution >= 0.6 is 23.2 Å². The lowest BCUT2D eigenvalue weighted by Gasteiger charge is -2.15. The number of aryl methyl sites for hydroxylation is 1. The van der Waals surface area contributed by atoms with Gasteiger partial charge in [-0.25, -0.2) is 9.88 Å². The van der Waals surface area contributed by atoms with Gasteiger partial charge >= 0.3 is 0 Å². The number of anilines is 1. The van der Waals surface area contributed by atoms with E-state index in [1.165, 1.54) is 22.9 Å². The first-order valence-electron chi connectivity index (χ1n) is 9.43. The van der Waals surface area contributed by atoms with Gasteiger partial charge in [0.1, 0.15) is 0 Å². The number of imidazole rings is 1. The first kappa shape index (κ1) is 19.6. The maximum atomic E-state index is 13.2. The van der Waals surface area contributed by atoms with E-state index in [1.807, 2.05) is 24.3 Å². The summed E-state index contributed by atoms with van der Waals surface area (Å²) in [6.45, 7) is 1.69. The first-order valence-corrected chi connectivity index (χ1v) is 10.2. The molecule has 10 heteroatoms. The van der Waals surface area contributed by atoms with Crippen LogP contribution in [0.3, 0.4) is 0 Å². The predicted octanol–water partition coefficient (Wildman–Crippen LogP) is 3.70. The summed E-state index contributed by atoms with van der Waals surface area (Å²) in [6.07, 6.45) is -0.128. The Labute approximate surface area is 185 Å². The van der Waals surface area contributed by atoms with Crippen LogP contribution in [-0.4, -0.2) is 31.6 Å². The smallest absolute Gasteiger partial charge is 0.278 e. The van der Waals surface area contributed by atoms with Gasteiger partial charge in [0, 0.05) is 22.2 Å². The molecule has 1 fully saturated rings. The molecular formula is C21H15Cl2N5O3. The Kier molecular flexibility index (Phi) is 4.49. The predicted molar refractivity (Wildman–Crippen MR) is 117 cm³/mol. The van der Waals surface area contributed by atoms with Crippen LogP contribution in [0.15, 0.2) is 47.3 Å². The van der Waals surface area contributed by atoms with Crippen LogP contribution in [0.2, 0.25) is 10.0 Å². The Balaban J connectivity index is 1.56. The van der Waals surface area contributed by atoms with Gasteiger partial charge in [-0.3, -0.25) is 19.5 Å². The van der Waals surface area contributed by atoms with Crippen molar-refractivity contribution in [1.82, 2.24) is 19.7 Å². The molecule has 2 aromatic heterocycles. The lowest BCUT2D eigenvalue weighted by atomic mass is 9.98. The largest absolute Gasteiger partial charge is 0.322 e. The van der Waals surface area contributed by atoms with Gasteiger partial charge < -0.3 is 4.98 Å². The highest BCUT2D eigenvalue weighted by atomic mass is 35.5. The van der Waals surface area contributed by atoms with Crippen LogP contribution < -0.4 is 10.5 Å². The quantitative estimate of drug-likeness (QED) is 0.459. The lowest BCUT2D eigenvalue weighted by molar-refractivity contribution is -0.121. The topological polar surface area (TPSA) is 104 Å². The molecule has 2 aromatic carbocycles. The van der Waals surface area contributed by atoms with Gasteiger partial charge in [-0.1, -0.05) is 35.3 Å². The fourth-order valence-electron chi connectivity index (χ4n) is 3.96. The summed E-state index contributed by atoms with van der Waals surface area (Å²) in [5.74, 6) is -1.54. The molecule has 0 radical (unpaired) electrons. The van der Waals surface area contributed by atoms with Crippen LogP contribution in [0.1, 0.15) is 23.6 Å². The lowest BCUT2D eigenvalue weighted by Crippen LogP contribution is -2.31. The molecule has 0 bridgehead atoms. The SMILES string of the molecule is Cc1[nH]n(-c2nc3ccccc3[nH]2)c(=O)c1[C@H]1CC(=O)N(c2cc(Cl)cc(Cl)c2)C1=O. The molecule has 3 heterocycles. The van der Waals surface area contributed by atoms with Crippen LogP contribution in [0.5, 0.6) is 0 Å². The number of aromatic amines is 2. The van der Waals surface area contributed by atoms with Gasteiger partial charge in [-0.2, -0.15) is 4.68 Å². The highest BCUT2D eigenvalue weighted by molar-refractivity contribution is 6.35. The number of amides is 2. The number of imide groups is 1. The van der Waals surface area contributed by atoms with E-state index in [2.05, 4.69) is 15.1 Å². The molecule has 1 aliphatic rings. The fourth-order valence-corrected chi connectivity index (χ4v) is 4.48. The molecule has 1 atom stereocenters. The van der Waals surface area contributed by atoms with Crippen molar-refractivity contribution in [3.05, 3.63) is 74.1 Å². The van der Waals surface area contributed by atoms with Crippen LogP contribution in [-0.2, 0) is 9.59 Å². The van der Waals surface area contributed by atoms with Crippen molar-refractivity contribution in [3.63, 3.8) is 0 Å². The van der Waals surface area contributed by atoms with Crippen molar-refractivity contribution in [1.29, 1.82) is 0 Å². The number of fused-ring (bicyclic) bond motifs is 1. The number of hydrogen-bond donors (Lipinski definition) is 2. The van der Waals surface area contributed by atoms with Gasteiger partial charge in [0.2, 0.25) is 17.8 Å². The second-order valence-corrected chi connectivity index (χ2v) is 8.19. The number of halogens is 2. The molecule has 0 spiro atoms. The third-order valence-corrected chi connectivity index (χ3v) is 5.74. The van der Waals surface area contributed by atoms with Crippen molar-refractivity contribution < 1.29 is 9.59 Å². The molecule has 1 aliphatic heterocycles. The van der Waals surface area contributed by atoms with E-state index >= 15 is 0 Å². The normalized spacial score (nSPS) is 16.6. The van der Waals surface area contributed by atoms with E-state index in [0.717, 1.165) is 10.4 Å². The van der Waals surface area contributed by atoms with Crippen molar-refractivity contribution >= 4 is 51.7 Å². The number of carbonyl (C=O) groups excluding carboxylic acids is 2. The summed E-state index contributed by atoms with van der Waals surface area (Å²) < 4.78 is 1.25. The molecular weight excluding hydrogens is 441 g/mol. The second kappa shape index (κ2) is 7.11. The number of aromatic nitrogens is 4. The minimum atomic E-state index is -0.917. The zero-order valence-electron chi connectivity index (χ0n) is 16.1. The summed E-state index contributed by atoms with van der Waals surface area (Å²) in [5, 5.41) is 3.57. The molecule has 1 saturated heterocycles. The highest BCUT2D eigenvalue weighted by Gasteiger charge is 2.43. The fraction of sp³-hybridized carbons (Fsp3) is 0.143. The monoisotopic (exact) mass is 455 g/mol. The Morgan fingerprint density at radius 2 is 1.77 bits per heavy atom. The van der Waals surface area contributed by atoms with Crippen LogP contribution in [0.4, 0.5) is 5.69 Å². The van der Waals surface area contributed by atoms with Crippen molar-refractivity contribution in [2.75, 3.05) is 4.90 Å². The van der Waals surface area contributed by atoms with Gasteiger partial charge in [-0.15, -0.1) is 0 Å². The molecule has 4 aromatic rings. The van der Waals surface area contributed by atoms with Crippen LogP contribution in [0, 0.1) is 6.92 Å². The molecule has 5 rings (SSSR count). The average Bonchev–Trinajstić information content (AvgIpc) is 3.34. The summed E-state index contributed by atoms with van der Waals surface area (Å²) in [4.78, 5) is 47.6. The number of hydrogen-bond acceptors (Lipinski definition) is 4. The van der Waals surface area contributed by atoms with E-state index in [9.17, 15) is 14.4 Å².